The Labute approximate surface area is 93.1 Å². The molecule has 5 heteroatoms. The highest BCUT2D eigenvalue weighted by Gasteiger charge is 2.20. The van der Waals surface area contributed by atoms with Crippen LogP contribution < -0.4 is 19.9 Å². The summed E-state index contributed by atoms with van der Waals surface area (Å²) in [5, 5.41) is 0. The zero-order valence-corrected chi connectivity index (χ0v) is 8.99. The highest BCUT2D eigenvalue weighted by Crippen LogP contribution is 2.40. The maximum atomic E-state index is 11.5. The third-order valence-electron chi connectivity index (χ3n) is 2.34. The second-order valence-electron chi connectivity index (χ2n) is 3.33. The van der Waals surface area contributed by atoms with Crippen LogP contribution in [-0.2, 0) is 0 Å². The van der Waals surface area contributed by atoms with Crippen LogP contribution in [-0.4, -0.2) is 32.7 Å². The van der Waals surface area contributed by atoms with E-state index in [-0.39, 0.29) is 12.3 Å². The number of ketones is 1. The molecule has 0 aromatic heterocycles. The van der Waals surface area contributed by atoms with Crippen molar-refractivity contribution >= 4 is 5.78 Å². The maximum Gasteiger partial charge on any atom is 0.203 e. The molecule has 1 aliphatic heterocycles. The van der Waals surface area contributed by atoms with E-state index in [0.717, 1.165) is 0 Å². The van der Waals surface area contributed by atoms with Gasteiger partial charge >= 0.3 is 0 Å². The average Bonchev–Trinajstić information content (AvgIpc) is 2.36. The molecule has 0 saturated carbocycles. The zero-order chi connectivity index (χ0) is 11.5. The van der Waals surface area contributed by atoms with Crippen LogP contribution >= 0.6 is 0 Å². The van der Waals surface area contributed by atoms with Crippen LogP contribution in [0.3, 0.4) is 0 Å². The van der Waals surface area contributed by atoms with Crippen LogP contribution in [0.5, 0.6) is 17.2 Å². The molecule has 1 aromatic rings. The molecule has 0 unspecified atom stereocenters. The molecule has 86 valence electrons. The molecule has 0 aliphatic carbocycles. The smallest absolute Gasteiger partial charge is 0.203 e. The van der Waals surface area contributed by atoms with Crippen LogP contribution in [0.15, 0.2) is 12.1 Å². The fraction of sp³-hybridized carbons (Fsp3) is 0.364. The van der Waals surface area contributed by atoms with Crippen molar-refractivity contribution in [3.8, 4) is 17.2 Å². The minimum atomic E-state index is -0.157. The fourth-order valence-corrected chi connectivity index (χ4v) is 1.55. The Morgan fingerprint density at radius 2 is 2.19 bits per heavy atom. The number of hydrogen-bond donors (Lipinski definition) is 1. The van der Waals surface area contributed by atoms with Gasteiger partial charge in [-0.1, -0.05) is 0 Å². The first-order valence-electron chi connectivity index (χ1n) is 4.97. The highest BCUT2D eigenvalue weighted by atomic mass is 16.6. The zero-order valence-electron chi connectivity index (χ0n) is 8.99. The van der Waals surface area contributed by atoms with E-state index in [1.165, 1.54) is 7.11 Å². The quantitative estimate of drug-likeness (QED) is 0.760. The number of nitrogens with two attached hydrogens (primary N) is 1. The number of methoxy groups -OCH3 is 1. The number of carbonyl (C=O) groups is 1. The van der Waals surface area contributed by atoms with Gasteiger partial charge < -0.3 is 19.9 Å². The summed E-state index contributed by atoms with van der Waals surface area (Å²) in [7, 11) is 1.52. The molecule has 2 rings (SSSR count). The van der Waals surface area contributed by atoms with Crippen LogP contribution in [0.2, 0.25) is 0 Å². The molecule has 0 radical (unpaired) electrons. The lowest BCUT2D eigenvalue weighted by Crippen LogP contribution is -2.18. The van der Waals surface area contributed by atoms with Crippen molar-refractivity contribution in [3.05, 3.63) is 17.7 Å². The predicted molar refractivity (Wildman–Crippen MR) is 57.4 cm³/mol. The van der Waals surface area contributed by atoms with Gasteiger partial charge in [0, 0.05) is 5.56 Å². The van der Waals surface area contributed by atoms with Gasteiger partial charge in [0.15, 0.2) is 17.3 Å². The summed E-state index contributed by atoms with van der Waals surface area (Å²) >= 11 is 0. The Balaban J connectivity index is 2.47. The van der Waals surface area contributed by atoms with Crippen molar-refractivity contribution < 1.29 is 19.0 Å². The summed E-state index contributed by atoms with van der Waals surface area (Å²) < 4.78 is 16.0. The minimum absolute atomic E-state index is 0.0389. The molecule has 0 bridgehead atoms. The SMILES string of the molecule is COc1cc(C(=O)CN)cc2c1OCCO2. The molecule has 1 heterocycles. The summed E-state index contributed by atoms with van der Waals surface area (Å²) in [6, 6.07) is 3.24. The van der Waals surface area contributed by atoms with E-state index in [0.29, 0.717) is 36.0 Å². The Morgan fingerprint density at radius 1 is 1.44 bits per heavy atom. The van der Waals surface area contributed by atoms with Gasteiger partial charge in [-0.05, 0) is 12.1 Å². The summed E-state index contributed by atoms with van der Waals surface area (Å²) in [5.74, 6) is 1.41. The van der Waals surface area contributed by atoms with Crippen LogP contribution in [0.1, 0.15) is 10.4 Å². The third-order valence-corrected chi connectivity index (χ3v) is 2.34. The van der Waals surface area contributed by atoms with Crippen molar-refractivity contribution in [1.82, 2.24) is 0 Å². The number of ether oxygens (including phenoxy) is 3. The predicted octanol–water partition coefficient (Wildman–Crippen LogP) is 0.608. The summed E-state index contributed by atoms with van der Waals surface area (Å²) in [5.41, 5.74) is 5.78. The largest absolute Gasteiger partial charge is 0.493 e. The molecule has 2 N–H and O–H groups in total. The molecule has 16 heavy (non-hydrogen) atoms. The molecule has 0 amide bonds. The van der Waals surface area contributed by atoms with E-state index < -0.39 is 0 Å². The maximum absolute atomic E-state index is 11.5. The van der Waals surface area contributed by atoms with E-state index >= 15 is 0 Å². The van der Waals surface area contributed by atoms with Gasteiger partial charge in [-0.3, -0.25) is 4.79 Å². The lowest BCUT2D eigenvalue weighted by Gasteiger charge is -2.21. The van der Waals surface area contributed by atoms with Crippen molar-refractivity contribution in [2.45, 2.75) is 0 Å². The van der Waals surface area contributed by atoms with Crippen molar-refractivity contribution in [2.75, 3.05) is 26.9 Å². The molecule has 0 spiro atoms. The monoisotopic (exact) mass is 223 g/mol. The van der Waals surface area contributed by atoms with Crippen molar-refractivity contribution in [2.24, 2.45) is 5.73 Å². The lowest BCUT2D eigenvalue weighted by atomic mass is 10.1. The number of Topliss-reactive ketones (excluding diaryl/α,β-unsaturated/α-hetero) is 1. The molecule has 1 aromatic carbocycles. The topological polar surface area (TPSA) is 70.8 Å². The average molecular weight is 223 g/mol. The number of carbonyl (C=O) groups excluding carboxylic acids is 1. The van der Waals surface area contributed by atoms with Gasteiger partial charge in [0.2, 0.25) is 5.75 Å². The van der Waals surface area contributed by atoms with E-state index in [1.807, 2.05) is 0 Å². The number of hydrogen-bond acceptors (Lipinski definition) is 5. The van der Waals surface area contributed by atoms with Crippen LogP contribution in [0, 0.1) is 0 Å². The molecular formula is C11H13NO4. The molecule has 1 aliphatic rings. The van der Waals surface area contributed by atoms with E-state index in [2.05, 4.69) is 0 Å². The van der Waals surface area contributed by atoms with Gasteiger partial charge in [0.25, 0.3) is 0 Å². The Morgan fingerprint density at radius 3 is 2.88 bits per heavy atom. The molecule has 5 nitrogen and oxygen atoms in total. The standard InChI is InChI=1S/C11H13NO4/c1-14-9-4-7(8(13)6-12)5-10-11(9)16-3-2-15-10/h4-5H,2-3,6,12H2,1H3. The first-order valence-corrected chi connectivity index (χ1v) is 4.97. The molecular weight excluding hydrogens is 210 g/mol. The first-order chi connectivity index (χ1) is 7.76. The Hall–Kier alpha value is -1.75. The number of benzene rings is 1. The van der Waals surface area contributed by atoms with Crippen LogP contribution in [0.25, 0.3) is 0 Å². The van der Waals surface area contributed by atoms with Gasteiger partial charge in [-0.25, -0.2) is 0 Å². The second kappa shape index (κ2) is 4.40. The summed E-state index contributed by atoms with van der Waals surface area (Å²) in [6.07, 6.45) is 0. The Bertz CT molecular complexity index is 399. The Kier molecular flexibility index (Phi) is 2.96. The van der Waals surface area contributed by atoms with Crippen LogP contribution in [0.4, 0.5) is 0 Å². The second-order valence-corrected chi connectivity index (χ2v) is 3.33. The van der Waals surface area contributed by atoms with Gasteiger partial charge in [-0.15, -0.1) is 0 Å². The minimum Gasteiger partial charge on any atom is -0.493 e. The molecule has 0 saturated heterocycles. The molecule has 0 atom stereocenters. The third kappa shape index (κ3) is 1.81. The molecule has 0 fully saturated rings. The van der Waals surface area contributed by atoms with E-state index in [9.17, 15) is 4.79 Å². The van der Waals surface area contributed by atoms with Gasteiger partial charge in [-0.2, -0.15) is 0 Å². The van der Waals surface area contributed by atoms with Crippen molar-refractivity contribution in [3.63, 3.8) is 0 Å². The normalized spacial score (nSPS) is 13.4. The van der Waals surface area contributed by atoms with E-state index in [4.69, 9.17) is 19.9 Å². The van der Waals surface area contributed by atoms with Crippen molar-refractivity contribution in [1.29, 1.82) is 0 Å². The van der Waals surface area contributed by atoms with E-state index in [1.54, 1.807) is 12.1 Å². The van der Waals surface area contributed by atoms with Gasteiger partial charge in [0.05, 0.1) is 13.7 Å². The number of rotatable bonds is 3. The fourth-order valence-electron chi connectivity index (χ4n) is 1.55. The number of fused-ring (bicyclic) bond motifs is 1. The highest BCUT2D eigenvalue weighted by molar-refractivity contribution is 5.98. The van der Waals surface area contributed by atoms with Gasteiger partial charge in [0.1, 0.15) is 13.2 Å². The summed E-state index contributed by atoms with van der Waals surface area (Å²) in [6.45, 7) is 0.909. The lowest BCUT2D eigenvalue weighted by molar-refractivity contribution is 0.0999. The first kappa shape index (κ1) is 10.8. The summed E-state index contributed by atoms with van der Waals surface area (Å²) in [4.78, 5) is 11.5.